The fourth-order valence-corrected chi connectivity index (χ4v) is 2.00. The fraction of sp³-hybridized carbons (Fsp3) is 0.214. The van der Waals surface area contributed by atoms with Crippen LogP contribution in [0.5, 0.6) is 11.6 Å². The lowest BCUT2D eigenvalue weighted by Crippen LogP contribution is -2.24. The van der Waals surface area contributed by atoms with E-state index in [0.717, 1.165) is 0 Å². The summed E-state index contributed by atoms with van der Waals surface area (Å²) in [6.45, 7) is 0. The number of alkyl halides is 3. The van der Waals surface area contributed by atoms with Crippen LogP contribution in [0.2, 0.25) is 0 Å². The number of rotatable bonds is 5. The molecule has 1 atom stereocenters. The zero-order chi connectivity index (χ0) is 14.6. The molecule has 0 radical (unpaired) electrons. The lowest BCUT2D eigenvalue weighted by molar-refractivity contribution is -0.0163. The molecule has 3 nitrogen and oxygen atoms in total. The topological polar surface area (TPSA) is 31.4 Å². The Balaban J connectivity index is 2.28. The van der Waals surface area contributed by atoms with Crippen LogP contribution in [0.15, 0.2) is 48.7 Å². The molecule has 0 aliphatic carbocycles. The first-order valence-corrected chi connectivity index (χ1v) is 6.58. The van der Waals surface area contributed by atoms with Crippen molar-refractivity contribution in [2.24, 2.45) is 0 Å². The van der Waals surface area contributed by atoms with E-state index < -0.39 is 10.9 Å². The molecule has 0 bridgehead atoms. The van der Waals surface area contributed by atoms with Crippen LogP contribution in [0, 0.1) is 0 Å². The maximum atomic E-state index is 13.7. The number of aromatic nitrogens is 1. The summed E-state index contributed by atoms with van der Waals surface area (Å²) in [6, 6.07) is 11.1. The molecule has 0 amide bonds. The van der Waals surface area contributed by atoms with E-state index >= 15 is 0 Å². The molecule has 0 aliphatic rings. The molecule has 2 aromatic rings. The van der Waals surface area contributed by atoms with E-state index in [4.69, 9.17) is 9.47 Å². The second-order valence-corrected chi connectivity index (χ2v) is 5.04. The number of methoxy groups -OCH3 is 1. The van der Waals surface area contributed by atoms with E-state index in [1.54, 1.807) is 24.3 Å². The molecule has 0 saturated carbocycles. The third kappa shape index (κ3) is 3.66. The minimum Gasteiger partial charge on any atom is -0.497 e. The number of hydrogen-bond donors (Lipinski definition) is 0. The fourth-order valence-electron chi connectivity index (χ4n) is 1.64. The molecule has 1 heterocycles. The number of ether oxygens (including phenoxy) is 2. The number of nitrogens with zero attached hydrogens (tertiary/aromatic N) is 1. The van der Waals surface area contributed by atoms with Crippen molar-refractivity contribution >= 4 is 15.9 Å². The predicted molar refractivity (Wildman–Crippen MR) is 74.5 cm³/mol. The van der Waals surface area contributed by atoms with Crippen LogP contribution in [0.25, 0.3) is 0 Å². The quantitative estimate of drug-likeness (QED) is 0.762. The van der Waals surface area contributed by atoms with Crippen molar-refractivity contribution in [2.75, 3.05) is 7.11 Å². The number of pyridine rings is 1. The third-order valence-corrected chi connectivity index (χ3v) is 3.01. The minimum atomic E-state index is -3.22. The van der Waals surface area contributed by atoms with Crippen molar-refractivity contribution in [3.05, 3.63) is 54.2 Å². The smallest absolute Gasteiger partial charge is 0.341 e. The van der Waals surface area contributed by atoms with Gasteiger partial charge in [-0.25, -0.2) is 4.98 Å². The first-order chi connectivity index (χ1) is 9.50. The van der Waals surface area contributed by atoms with Crippen LogP contribution < -0.4 is 9.47 Å². The van der Waals surface area contributed by atoms with Gasteiger partial charge >= 0.3 is 4.83 Å². The van der Waals surface area contributed by atoms with Gasteiger partial charge in [-0.15, -0.1) is 0 Å². The highest BCUT2D eigenvalue weighted by Crippen LogP contribution is 2.40. The zero-order valence-electron chi connectivity index (χ0n) is 10.6. The van der Waals surface area contributed by atoms with Crippen molar-refractivity contribution in [1.29, 1.82) is 0 Å². The van der Waals surface area contributed by atoms with Crippen molar-refractivity contribution < 1.29 is 18.3 Å². The molecule has 0 unspecified atom stereocenters. The van der Waals surface area contributed by atoms with Crippen LogP contribution in [0.1, 0.15) is 11.7 Å². The number of halogens is 3. The monoisotopic (exact) mass is 343 g/mol. The van der Waals surface area contributed by atoms with Crippen molar-refractivity contribution in [2.45, 2.75) is 10.9 Å². The van der Waals surface area contributed by atoms with Gasteiger partial charge in [0.25, 0.3) is 0 Å². The summed E-state index contributed by atoms with van der Waals surface area (Å²) in [6.07, 6.45) is -0.00409. The SMILES string of the molecule is COc1ccc([C@@H](Oc2ccccn2)C(F)(F)Br)cc1. The molecule has 0 aliphatic heterocycles. The Labute approximate surface area is 123 Å². The van der Waals surface area contributed by atoms with E-state index in [-0.39, 0.29) is 5.88 Å². The summed E-state index contributed by atoms with van der Waals surface area (Å²) in [4.78, 5) is 0.667. The molecular formula is C14H12BrF2NO2. The van der Waals surface area contributed by atoms with Gasteiger partial charge < -0.3 is 9.47 Å². The summed E-state index contributed by atoms with van der Waals surface area (Å²) in [5.41, 5.74) is 0.318. The summed E-state index contributed by atoms with van der Waals surface area (Å²) in [7, 11) is 1.51. The average Bonchev–Trinajstić information content (AvgIpc) is 2.45. The van der Waals surface area contributed by atoms with Crippen LogP contribution in [0.3, 0.4) is 0 Å². The Morgan fingerprint density at radius 2 is 1.85 bits per heavy atom. The maximum absolute atomic E-state index is 13.7. The summed E-state index contributed by atoms with van der Waals surface area (Å²) in [5.74, 6) is 0.718. The molecule has 106 valence electrons. The Morgan fingerprint density at radius 1 is 1.15 bits per heavy atom. The second kappa shape index (κ2) is 6.17. The normalized spacial score (nSPS) is 12.8. The van der Waals surface area contributed by atoms with Gasteiger partial charge in [-0.3, -0.25) is 0 Å². The average molecular weight is 344 g/mol. The summed E-state index contributed by atoms with van der Waals surface area (Å²) in [5, 5.41) is 0. The molecule has 1 aromatic heterocycles. The van der Waals surface area contributed by atoms with Gasteiger partial charge in [0.05, 0.1) is 7.11 Å². The molecule has 2 rings (SSSR count). The molecular weight excluding hydrogens is 332 g/mol. The van der Waals surface area contributed by atoms with E-state index in [0.29, 0.717) is 11.3 Å². The van der Waals surface area contributed by atoms with Crippen molar-refractivity contribution in [3.8, 4) is 11.6 Å². The van der Waals surface area contributed by atoms with E-state index in [1.807, 2.05) is 0 Å². The minimum absolute atomic E-state index is 0.132. The maximum Gasteiger partial charge on any atom is 0.341 e. The Morgan fingerprint density at radius 3 is 2.35 bits per heavy atom. The molecule has 20 heavy (non-hydrogen) atoms. The van der Waals surface area contributed by atoms with Gasteiger partial charge in [-0.05, 0) is 39.7 Å². The van der Waals surface area contributed by atoms with Gasteiger partial charge in [-0.1, -0.05) is 18.2 Å². The van der Waals surface area contributed by atoms with Gasteiger partial charge in [-0.2, -0.15) is 8.78 Å². The first kappa shape index (κ1) is 14.7. The summed E-state index contributed by atoms with van der Waals surface area (Å²) < 4.78 is 37.6. The summed E-state index contributed by atoms with van der Waals surface area (Å²) >= 11 is 2.36. The van der Waals surface area contributed by atoms with Crippen LogP contribution in [-0.2, 0) is 0 Å². The first-order valence-electron chi connectivity index (χ1n) is 5.79. The van der Waals surface area contributed by atoms with Gasteiger partial charge in [0.1, 0.15) is 5.75 Å². The van der Waals surface area contributed by atoms with Crippen LogP contribution in [0.4, 0.5) is 8.78 Å². The standard InChI is InChI=1S/C14H12BrF2NO2/c1-19-11-7-5-10(6-8-11)13(14(15,16)17)20-12-4-2-3-9-18-12/h2-9,13H,1H3/t13-/m1/s1. The second-order valence-electron chi connectivity index (χ2n) is 3.98. The zero-order valence-corrected chi connectivity index (χ0v) is 12.2. The highest BCUT2D eigenvalue weighted by molar-refractivity contribution is 9.10. The van der Waals surface area contributed by atoms with E-state index in [9.17, 15) is 8.78 Å². The van der Waals surface area contributed by atoms with Gasteiger partial charge in [0.15, 0.2) is 6.10 Å². The van der Waals surface area contributed by atoms with Crippen molar-refractivity contribution in [1.82, 2.24) is 4.98 Å². The molecule has 6 heteroatoms. The largest absolute Gasteiger partial charge is 0.497 e. The molecule has 1 aromatic carbocycles. The van der Waals surface area contributed by atoms with Crippen LogP contribution in [-0.4, -0.2) is 16.9 Å². The number of hydrogen-bond acceptors (Lipinski definition) is 3. The van der Waals surface area contributed by atoms with Crippen molar-refractivity contribution in [3.63, 3.8) is 0 Å². The molecule has 0 saturated heterocycles. The van der Waals surface area contributed by atoms with Gasteiger partial charge in [0.2, 0.25) is 5.88 Å². The molecule has 0 fully saturated rings. The predicted octanol–water partition coefficient (Wildman–Crippen LogP) is 4.20. The van der Waals surface area contributed by atoms with Crippen LogP contribution >= 0.6 is 15.9 Å². The Kier molecular flexibility index (Phi) is 4.54. The highest BCUT2D eigenvalue weighted by Gasteiger charge is 2.40. The third-order valence-electron chi connectivity index (χ3n) is 2.59. The van der Waals surface area contributed by atoms with Gasteiger partial charge in [0, 0.05) is 12.3 Å². The van der Waals surface area contributed by atoms with E-state index in [2.05, 4.69) is 20.9 Å². The molecule has 0 spiro atoms. The highest BCUT2D eigenvalue weighted by atomic mass is 79.9. The van der Waals surface area contributed by atoms with E-state index in [1.165, 1.54) is 31.5 Å². The number of benzene rings is 1. The lowest BCUT2D eigenvalue weighted by Gasteiger charge is -2.23. The Hall–Kier alpha value is -1.69. The molecule has 0 N–H and O–H groups in total. The lowest BCUT2D eigenvalue weighted by atomic mass is 10.1. The Bertz CT molecular complexity index is 543.